The zero-order valence-corrected chi connectivity index (χ0v) is 8.34. The van der Waals surface area contributed by atoms with Crippen LogP contribution in [0.25, 0.3) is 0 Å². The first kappa shape index (κ1) is 11.5. The molecule has 0 aliphatic carbocycles. The molecule has 0 saturated heterocycles. The van der Waals surface area contributed by atoms with Crippen LogP contribution in [0, 0.1) is 0 Å². The third kappa shape index (κ3) is 3.23. The maximum Gasteiger partial charge on any atom is 0.265 e. The Labute approximate surface area is 87.8 Å². The van der Waals surface area contributed by atoms with Gasteiger partial charge in [-0.1, -0.05) is 6.08 Å². The van der Waals surface area contributed by atoms with Gasteiger partial charge in [0, 0.05) is 23.5 Å². The monoisotopic (exact) mass is 212 g/mol. The highest BCUT2D eigenvalue weighted by Crippen LogP contribution is 2.28. The number of hydrogen-bond donors (Lipinski definition) is 2. The lowest BCUT2D eigenvalue weighted by atomic mass is 10.1. The third-order valence-electron chi connectivity index (χ3n) is 1.97. The molecular formula is C11H14F2N2. The first-order valence-corrected chi connectivity index (χ1v) is 4.67. The normalized spacial score (nSPS) is 10.3. The van der Waals surface area contributed by atoms with Crippen LogP contribution >= 0.6 is 0 Å². The van der Waals surface area contributed by atoms with Gasteiger partial charge in [0.2, 0.25) is 0 Å². The van der Waals surface area contributed by atoms with E-state index in [4.69, 9.17) is 5.73 Å². The number of nitrogen functional groups attached to an aromatic ring is 1. The molecule has 0 radical (unpaired) electrons. The van der Waals surface area contributed by atoms with Gasteiger partial charge in [0.1, 0.15) is 0 Å². The fourth-order valence-electron chi connectivity index (χ4n) is 1.23. The van der Waals surface area contributed by atoms with E-state index < -0.39 is 6.43 Å². The fraction of sp³-hybridized carbons (Fsp3) is 0.273. The van der Waals surface area contributed by atoms with Gasteiger partial charge in [-0.2, -0.15) is 0 Å². The molecule has 0 aliphatic heterocycles. The molecule has 15 heavy (non-hydrogen) atoms. The summed E-state index contributed by atoms with van der Waals surface area (Å²) in [6.45, 7) is 4.15. The molecule has 0 unspecified atom stereocenters. The predicted molar refractivity (Wildman–Crippen MR) is 59.1 cm³/mol. The molecule has 3 N–H and O–H groups in total. The summed E-state index contributed by atoms with van der Waals surface area (Å²) in [7, 11) is 0. The summed E-state index contributed by atoms with van der Waals surface area (Å²) in [5, 5.41) is 2.92. The predicted octanol–water partition coefficient (Wildman–Crippen LogP) is 3.19. The van der Waals surface area contributed by atoms with Gasteiger partial charge in [0.25, 0.3) is 6.43 Å². The zero-order valence-electron chi connectivity index (χ0n) is 8.34. The molecule has 0 spiro atoms. The number of anilines is 2. The van der Waals surface area contributed by atoms with Crippen LogP contribution in [0.15, 0.2) is 30.9 Å². The van der Waals surface area contributed by atoms with Crippen LogP contribution in [-0.2, 0) is 0 Å². The molecule has 1 rings (SSSR count). The summed E-state index contributed by atoms with van der Waals surface area (Å²) < 4.78 is 25.2. The van der Waals surface area contributed by atoms with E-state index in [2.05, 4.69) is 11.9 Å². The van der Waals surface area contributed by atoms with E-state index in [0.29, 0.717) is 17.9 Å². The van der Waals surface area contributed by atoms with Crippen LogP contribution < -0.4 is 11.1 Å². The summed E-state index contributed by atoms with van der Waals surface area (Å²) >= 11 is 0. The van der Waals surface area contributed by atoms with Crippen molar-refractivity contribution in [3.05, 3.63) is 36.4 Å². The second kappa shape index (κ2) is 5.34. The lowest BCUT2D eigenvalue weighted by Gasteiger charge is -2.11. The van der Waals surface area contributed by atoms with Gasteiger partial charge < -0.3 is 11.1 Å². The Bertz CT molecular complexity index is 337. The Kier molecular flexibility index (Phi) is 4.09. The molecule has 2 nitrogen and oxygen atoms in total. The second-order valence-electron chi connectivity index (χ2n) is 3.15. The summed E-state index contributed by atoms with van der Waals surface area (Å²) in [4.78, 5) is 0. The van der Waals surface area contributed by atoms with Crippen LogP contribution in [0.1, 0.15) is 18.4 Å². The van der Waals surface area contributed by atoms with Crippen molar-refractivity contribution >= 4 is 11.4 Å². The smallest absolute Gasteiger partial charge is 0.265 e. The summed E-state index contributed by atoms with van der Waals surface area (Å²) in [6, 6.07) is 4.46. The maximum absolute atomic E-state index is 12.6. The fourth-order valence-corrected chi connectivity index (χ4v) is 1.23. The molecule has 0 aromatic heterocycles. The van der Waals surface area contributed by atoms with E-state index in [1.54, 1.807) is 18.2 Å². The highest BCUT2D eigenvalue weighted by atomic mass is 19.3. The first-order valence-electron chi connectivity index (χ1n) is 4.67. The van der Waals surface area contributed by atoms with Crippen LogP contribution in [0.2, 0.25) is 0 Å². The quantitative estimate of drug-likeness (QED) is 0.447. The van der Waals surface area contributed by atoms with Crippen molar-refractivity contribution in [3.8, 4) is 0 Å². The van der Waals surface area contributed by atoms with Crippen molar-refractivity contribution < 1.29 is 8.78 Å². The van der Waals surface area contributed by atoms with Gasteiger partial charge in [-0.15, -0.1) is 6.58 Å². The van der Waals surface area contributed by atoms with Crippen molar-refractivity contribution in [1.29, 1.82) is 0 Å². The molecular weight excluding hydrogens is 198 g/mol. The van der Waals surface area contributed by atoms with Crippen LogP contribution in [0.4, 0.5) is 20.2 Å². The number of nitrogens with two attached hydrogens (primary N) is 1. The second-order valence-corrected chi connectivity index (χ2v) is 3.15. The number of hydrogen-bond acceptors (Lipinski definition) is 2. The largest absolute Gasteiger partial charge is 0.399 e. The van der Waals surface area contributed by atoms with E-state index in [-0.39, 0.29) is 5.56 Å². The number of halogens is 2. The lowest BCUT2D eigenvalue weighted by molar-refractivity contribution is 0.152. The van der Waals surface area contributed by atoms with E-state index in [9.17, 15) is 8.78 Å². The molecule has 0 fully saturated rings. The third-order valence-corrected chi connectivity index (χ3v) is 1.97. The highest BCUT2D eigenvalue weighted by Gasteiger charge is 2.12. The summed E-state index contributed by atoms with van der Waals surface area (Å²) in [5.41, 5.74) is 6.16. The Morgan fingerprint density at radius 2 is 2.20 bits per heavy atom. The van der Waals surface area contributed by atoms with Gasteiger partial charge in [-0.05, 0) is 24.6 Å². The standard InChI is InChI=1S/C11H14F2N2/c1-2-3-6-15-10-5-4-8(14)7-9(10)11(12)13/h2,4-5,7,11,15H,1,3,6,14H2. The van der Waals surface area contributed by atoms with Crippen molar-refractivity contribution in [2.45, 2.75) is 12.8 Å². The Morgan fingerprint density at radius 1 is 1.47 bits per heavy atom. The van der Waals surface area contributed by atoms with Crippen molar-refractivity contribution in [1.82, 2.24) is 0 Å². The lowest BCUT2D eigenvalue weighted by Crippen LogP contribution is -2.04. The first-order chi connectivity index (χ1) is 7.15. The van der Waals surface area contributed by atoms with Crippen molar-refractivity contribution in [3.63, 3.8) is 0 Å². The molecule has 0 aliphatic rings. The molecule has 4 heteroatoms. The van der Waals surface area contributed by atoms with Crippen LogP contribution in [0.3, 0.4) is 0 Å². The molecule has 1 aromatic carbocycles. The van der Waals surface area contributed by atoms with E-state index in [1.165, 1.54) is 6.07 Å². The van der Waals surface area contributed by atoms with Gasteiger partial charge >= 0.3 is 0 Å². The summed E-state index contributed by atoms with van der Waals surface area (Å²) in [5.74, 6) is 0. The topological polar surface area (TPSA) is 38.0 Å². The van der Waals surface area contributed by atoms with Crippen molar-refractivity contribution in [2.24, 2.45) is 0 Å². The molecule has 82 valence electrons. The Hall–Kier alpha value is -1.58. The minimum Gasteiger partial charge on any atom is -0.399 e. The number of rotatable bonds is 5. The van der Waals surface area contributed by atoms with Gasteiger partial charge in [-0.3, -0.25) is 0 Å². The zero-order chi connectivity index (χ0) is 11.3. The molecule has 0 atom stereocenters. The Morgan fingerprint density at radius 3 is 2.80 bits per heavy atom. The van der Waals surface area contributed by atoms with E-state index >= 15 is 0 Å². The molecule has 0 bridgehead atoms. The molecule has 0 saturated carbocycles. The van der Waals surface area contributed by atoms with Crippen LogP contribution in [-0.4, -0.2) is 6.54 Å². The van der Waals surface area contributed by atoms with Gasteiger partial charge in [-0.25, -0.2) is 8.78 Å². The van der Waals surface area contributed by atoms with Gasteiger partial charge in [0.15, 0.2) is 0 Å². The number of benzene rings is 1. The Balaban J connectivity index is 2.81. The minimum absolute atomic E-state index is 0.0564. The van der Waals surface area contributed by atoms with Gasteiger partial charge in [0.05, 0.1) is 0 Å². The van der Waals surface area contributed by atoms with E-state index in [1.807, 2.05) is 0 Å². The van der Waals surface area contributed by atoms with E-state index in [0.717, 1.165) is 6.42 Å². The average Bonchev–Trinajstić information content (AvgIpc) is 2.20. The number of nitrogens with one attached hydrogen (secondary N) is 1. The average molecular weight is 212 g/mol. The SMILES string of the molecule is C=CCCNc1ccc(N)cc1C(F)F. The van der Waals surface area contributed by atoms with Crippen LogP contribution in [0.5, 0.6) is 0 Å². The maximum atomic E-state index is 12.6. The molecule has 0 amide bonds. The van der Waals surface area contributed by atoms with Crippen molar-refractivity contribution in [2.75, 3.05) is 17.6 Å². The highest BCUT2D eigenvalue weighted by molar-refractivity contribution is 5.58. The minimum atomic E-state index is -2.51. The number of alkyl halides is 2. The molecule has 0 heterocycles. The summed E-state index contributed by atoms with van der Waals surface area (Å²) in [6.07, 6.45) is -0.0564. The molecule has 1 aromatic rings.